The zero-order valence-corrected chi connectivity index (χ0v) is 13.1. The van der Waals surface area contributed by atoms with E-state index in [4.69, 9.17) is 21.1 Å². The van der Waals surface area contributed by atoms with Gasteiger partial charge in [0.05, 0.1) is 18.2 Å². The zero-order chi connectivity index (χ0) is 16.3. The quantitative estimate of drug-likeness (QED) is 0.796. The summed E-state index contributed by atoms with van der Waals surface area (Å²) in [6.45, 7) is 3.59. The molecule has 1 aromatic carbocycles. The highest BCUT2D eigenvalue weighted by atomic mass is 35.5. The van der Waals surface area contributed by atoms with Gasteiger partial charge < -0.3 is 14.4 Å². The molecule has 0 spiro atoms. The third-order valence-corrected chi connectivity index (χ3v) is 3.79. The fourth-order valence-corrected chi connectivity index (χ4v) is 2.46. The number of carbonyl (C=O) groups excluding carboxylic acids is 2. The third-order valence-electron chi connectivity index (χ3n) is 3.50. The van der Waals surface area contributed by atoms with Crippen molar-refractivity contribution in [3.63, 3.8) is 0 Å². The molecule has 0 N–H and O–H groups in total. The Morgan fingerprint density at radius 1 is 1.59 bits per heavy atom. The van der Waals surface area contributed by atoms with Crippen LogP contribution in [0.4, 0.5) is 4.39 Å². The molecule has 1 aliphatic rings. The van der Waals surface area contributed by atoms with Gasteiger partial charge in [0.25, 0.3) is 0 Å². The van der Waals surface area contributed by atoms with E-state index in [2.05, 4.69) is 0 Å². The predicted molar refractivity (Wildman–Crippen MR) is 77.9 cm³/mol. The molecule has 120 valence electrons. The summed E-state index contributed by atoms with van der Waals surface area (Å²) in [6.07, 6.45) is -0.465. The number of hydrogen-bond acceptors (Lipinski definition) is 4. The van der Waals surface area contributed by atoms with Gasteiger partial charge in [-0.25, -0.2) is 9.18 Å². The molecule has 1 fully saturated rings. The first-order chi connectivity index (χ1) is 10.4. The van der Waals surface area contributed by atoms with Crippen LogP contribution >= 0.6 is 11.6 Å². The van der Waals surface area contributed by atoms with Crippen molar-refractivity contribution >= 4 is 23.5 Å². The SMILES string of the molecule is CCOC(=O)C(C)N1CC(c2ccc(F)c(Cl)c2)OCC1=O. The minimum Gasteiger partial charge on any atom is -0.464 e. The lowest BCUT2D eigenvalue weighted by Gasteiger charge is -2.35. The van der Waals surface area contributed by atoms with Crippen LogP contribution < -0.4 is 0 Å². The van der Waals surface area contributed by atoms with Gasteiger partial charge in [-0.15, -0.1) is 0 Å². The minimum atomic E-state index is -0.699. The number of halogens is 2. The second kappa shape index (κ2) is 7.07. The molecule has 22 heavy (non-hydrogen) atoms. The van der Waals surface area contributed by atoms with E-state index in [1.54, 1.807) is 19.9 Å². The van der Waals surface area contributed by atoms with Crippen LogP contribution in [0.3, 0.4) is 0 Å². The number of morpholine rings is 1. The summed E-state index contributed by atoms with van der Waals surface area (Å²) in [6, 6.07) is 3.56. The van der Waals surface area contributed by atoms with Gasteiger partial charge in [-0.3, -0.25) is 4.79 Å². The highest BCUT2D eigenvalue weighted by molar-refractivity contribution is 6.30. The highest BCUT2D eigenvalue weighted by Crippen LogP contribution is 2.27. The molecule has 0 bridgehead atoms. The molecular weight excluding hydrogens is 313 g/mol. The number of carbonyl (C=O) groups is 2. The predicted octanol–water partition coefficient (Wildman–Crippen LogP) is 2.33. The van der Waals surface area contributed by atoms with Gasteiger partial charge in [0.2, 0.25) is 5.91 Å². The Kier molecular flexibility index (Phi) is 5.37. The molecule has 1 heterocycles. The maximum absolute atomic E-state index is 13.2. The molecule has 5 nitrogen and oxygen atoms in total. The Bertz CT molecular complexity index is 581. The summed E-state index contributed by atoms with van der Waals surface area (Å²) in [5, 5.41) is -0.0111. The van der Waals surface area contributed by atoms with Gasteiger partial charge in [-0.05, 0) is 31.5 Å². The van der Waals surface area contributed by atoms with Crippen LogP contribution in [0.5, 0.6) is 0 Å². The van der Waals surface area contributed by atoms with E-state index < -0.39 is 23.9 Å². The van der Waals surface area contributed by atoms with Gasteiger partial charge in [0, 0.05) is 0 Å². The van der Waals surface area contributed by atoms with E-state index in [9.17, 15) is 14.0 Å². The topological polar surface area (TPSA) is 55.8 Å². The number of hydrogen-bond donors (Lipinski definition) is 0. The van der Waals surface area contributed by atoms with Crippen molar-refractivity contribution in [3.8, 4) is 0 Å². The molecule has 1 aromatic rings. The fraction of sp³-hybridized carbons (Fsp3) is 0.467. The number of ether oxygens (including phenoxy) is 2. The van der Waals surface area contributed by atoms with Crippen LogP contribution in [0.25, 0.3) is 0 Å². The van der Waals surface area contributed by atoms with Crippen LogP contribution in [-0.2, 0) is 19.1 Å². The highest BCUT2D eigenvalue weighted by Gasteiger charge is 2.34. The number of nitrogens with zero attached hydrogens (tertiary/aromatic N) is 1. The van der Waals surface area contributed by atoms with Crippen LogP contribution in [0.15, 0.2) is 18.2 Å². The van der Waals surface area contributed by atoms with E-state index in [0.717, 1.165) is 0 Å². The molecule has 7 heteroatoms. The average molecular weight is 330 g/mol. The maximum Gasteiger partial charge on any atom is 0.328 e. The van der Waals surface area contributed by atoms with Crippen LogP contribution in [-0.4, -0.2) is 42.6 Å². The van der Waals surface area contributed by atoms with Crippen LogP contribution in [0, 0.1) is 5.82 Å². The Morgan fingerprint density at radius 3 is 2.95 bits per heavy atom. The van der Waals surface area contributed by atoms with Crippen molar-refractivity contribution in [2.75, 3.05) is 19.8 Å². The first kappa shape index (κ1) is 16.7. The Labute approximate surface area is 132 Å². The van der Waals surface area contributed by atoms with Gasteiger partial charge in [-0.1, -0.05) is 17.7 Å². The molecule has 0 aliphatic carbocycles. The molecule has 1 aliphatic heterocycles. The normalized spacial score (nSPS) is 19.9. The van der Waals surface area contributed by atoms with E-state index in [1.165, 1.54) is 17.0 Å². The summed E-state index contributed by atoms with van der Waals surface area (Å²) >= 11 is 5.77. The van der Waals surface area contributed by atoms with E-state index in [0.29, 0.717) is 5.56 Å². The minimum absolute atomic E-state index is 0.0111. The van der Waals surface area contributed by atoms with Gasteiger partial charge in [0.15, 0.2) is 0 Å². The first-order valence-corrected chi connectivity index (χ1v) is 7.34. The maximum atomic E-state index is 13.2. The van der Waals surface area contributed by atoms with Gasteiger partial charge >= 0.3 is 5.97 Å². The summed E-state index contributed by atoms with van der Waals surface area (Å²) in [7, 11) is 0. The third kappa shape index (κ3) is 3.56. The van der Waals surface area contributed by atoms with Crippen molar-refractivity contribution in [1.29, 1.82) is 0 Å². The molecule has 0 saturated carbocycles. The van der Waals surface area contributed by atoms with Crippen LogP contribution in [0.1, 0.15) is 25.5 Å². The first-order valence-electron chi connectivity index (χ1n) is 6.96. The van der Waals surface area contributed by atoms with Crippen molar-refractivity contribution in [2.45, 2.75) is 26.0 Å². The largest absolute Gasteiger partial charge is 0.464 e. The molecule has 0 radical (unpaired) electrons. The van der Waals surface area contributed by atoms with Crippen molar-refractivity contribution in [1.82, 2.24) is 4.90 Å². The smallest absolute Gasteiger partial charge is 0.328 e. The molecule has 2 rings (SSSR count). The van der Waals surface area contributed by atoms with Gasteiger partial charge in [0.1, 0.15) is 24.6 Å². The number of rotatable bonds is 4. The second-order valence-corrected chi connectivity index (χ2v) is 5.35. The standard InChI is InChI=1S/C15H17ClFNO4/c1-3-21-15(20)9(2)18-7-13(22-8-14(18)19)10-4-5-12(17)11(16)6-10/h4-6,9,13H,3,7-8H2,1-2H3. The van der Waals surface area contributed by atoms with Crippen molar-refractivity contribution in [2.24, 2.45) is 0 Å². The lowest BCUT2D eigenvalue weighted by atomic mass is 10.1. The van der Waals surface area contributed by atoms with E-state index >= 15 is 0 Å². The summed E-state index contributed by atoms with van der Waals surface area (Å²) < 4.78 is 23.6. The molecule has 2 atom stereocenters. The number of benzene rings is 1. The molecule has 1 amide bonds. The van der Waals surface area contributed by atoms with E-state index in [-0.39, 0.29) is 30.7 Å². The van der Waals surface area contributed by atoms with Crippen LogP contribution in [0.2, 0.25) is 5.02 Å². The molecule has 0 aromatic heterocycles. The van der Waals surface area contributed by atoms with E-state index in [1.807, 2.05) is 0 Å². The molecule has 1 saturated heterocycles. The fourth-order valence-electron chi connectivity index (χ4n) is 2.27. The lowest BCUT2D eigenvalue weighted by molar-refractivity contribution is -0.164. The lowest BCUT2D eigenvalue weighted by Crippen LogP contribution is -2.51. The number of esters is 1. The Morgan fingerprint density at radius 2 is 2.32 bits per heavy atom. The molecular formula is C15H17ClFNO4. The summed E-state index contributed by atoms with van der Waals surface area (Å²) in [5.41, 5.74) is 0.653. The second-order valence-electron chi connectivity index (χ2n) is 4.95. The summed E-state index contributed by atoms with van der Waals surface area (Å²) in [5.74, 6) is -1.27. The zero-order valence-electron chi connectivity index (χ0n) is 12.3. The monoisotopic (exact) mass is 329 g/mol. The van der Waals surface area contributed by atoms with Gasteiger partial charge in [-0.2, -0.15) is 0 Å². The summed E-state index contributed by atoms with van der Waals surface area (Å²) in [4.78, 5) is 25.2. The average Bonchev–Trinajstić information content (AvgIpc) is 2.50. The van der Waals surface area contributed by atoms with Crippen molar-refractivity contribution in [3.05, 3.63) is 34.6 Å². The number of amides is 1. The van der Waals surface area contributed by atoms with Crippen molar-refractivity contribution < 1.29 is 23.5 Å². The Balaban J connectivity index is 2.14. The molecule has 2 unspecified atom stereocenters. The Hall–Kier alpha value is -1.66.